The van der Waals surface area contributed by atoms with E-state index in [1.54, 1.807) is 18.2 Å². The first-order valence-corrected chi connectivity index (χ1v) is 5.39. The van der Waals surface area contributed by atoms with Crippen LogP contribution >= 0.6 is 11.6 Å². The molecule has 1 aromatic rings. The van der Waals surface area contributed by atoms with Gasteiger partial charge in [0.15, 0.2) is 0 Å². The van der Waals surface area contributed by atoms with Gasteiger partial charge in [0, 0.05) is 24.4 Å². The Balaban J connectivity index is 2.26. The Hall–Kier alpha value is -1.88. The number of amides is 1. The van der Waals surface area contributed by atoms with Crippen LogP contribution in [-0.2, 0) is 4.79 Å². The molecule has 1 amide bonds. The fraction of sp³-hybridized carbons (Fsp3) is 0.182. The second-order valence-corrected chi connectivity index (χ2v) is 3.98. The van der Waals surface area contributed by atoms with Crippen LogP contribution < -0.4 is 4.90 Å². The molecule has 0 aliphatic carbocycles. The van der Waals surface area contributed by atoms with Gasteiger partial charge in [-0.2, -0.15) is 0 Å². The van der Waals surface area contributed by atoms with E-state index < -0.39 is 4.92 Å². The molecule has 6 heteroatoms. The summed E-state index contributed by atoms with van der Waals surface area (Å²) in [4.78, 5) is 23.3. The number of benzene rings is 1. The highest BCUT2D eigenvalue weighted by atomic mass is 35.5. The molecule has 5 nitrogen and oxygen atoms in total. The third-order valence-corrected chi connectivity index (χ3v) is 2.81. The second-order valence-electron chi connectivity index (χ2n) is 3.57. The molecule has 0 spiro atoms. The van der Waals surface area contributed by atoms with Gasteiger partial charge in [0.25, 0.3) is 11.6 Å². The Labute approximate surface area is 102 Å². The maximum absolute atomic E-state index is 11.7. The zero-order valence-electron chi connectivity index (χ0n) is 8.80. The van der Waals surface area contributed by atoms with Crippen LogP contribution in [0.5, 0.6) is 0 Å². The average molecular weight is 255 g/mol. The average Bonchev–Trinajstić information content (AvgIpc) is 2.33. The van der Waals surface area contributed by atoms with Crippen LogP contribution in [0.4, 0.5) is 11.4 Å². The van der Waals surface area contributed by atoms with Crippen molar-refractivity contribution < 1.29 is 9.72 Å². The highest BCUT2D eigenvalue weighted by molar-refractivity contribution is 6.44. The largest absolute Gasteiger partial charge is 0.307 e. The minimum absolute atomic E-state index is 0.000141. The summed E-state index contributed by atoms with van der Waals surface area (Å²) < 4.78 is 0. The molecule has 1 aromatic carbocycles. The van der Waals surface area contributed by atoms with Crippen LogP contribution in [0.2, 0.25) is 0 Å². The number of nitrogens with zero attached hydrogens (tertiary/aromatic N) is 2. The third kappa shape index (κ3) is 2.29. The normalized spacial score (nSPS) is 15.7. The molecule has 1 heterocycles. The van der Waals surface area contributed by atoms with Gasteiger partial charge in [-0.15, -0.1) is 0 Å². The van der Waals surface area contributed by atoms with E-state index in [-0.39, 0.29) is 16.6 Å². The van der Waals surface area contributed by atoms with Crippen LogP contribution in [0, 0.1) is 10.1 Å². The molecule has 0 bridgehead atoms. The molecule has 1 aliphatic rings. The molecule has 0 saturated heterocycles. The molecular weight excluding hydrogens is 246 g/mol. The summed E-state index contributed by atoms with van der Waals surface area (Å²) in [5.41, 5.74) is 0.617. The first-order valence-electron chi connectivity index (χ1n) is 5.01. The first-order chi connectivity index (χ1) is 8.09. The van der Waals surface area contributed by atoms with Crippen LogP contribution in [0.15, 0.2) is 35.4 Å². The van der Waals surface area contributed by atoms with Crippen molar-refractivity contribution in [3.05, 3.63) is 45.5 Å². The first kappa shape index (κ1) is 11.6. The van der Waals surface area contributed by atoms with Crippen molar-refractivity contribution in [1.29, 1.82) is 0 Å². The number of rotatable bonds is 2. The van der Waals surface area contributed by atoms with Gasteiger partial charge in [-0.3, -0.25) is 14.9 Å². The van der Waals surface area contributed by atoms with Crippen molar-refractivity contribution in [1.82, 2.24) is 0 Å². The van der Waals surface area contributed by atoms with Gasteiger partial charge in [-0.1, -0.05) is 17.7 Å². The fourth-order valence-corrected chi connectivity index (χ4v) is 1.85. The second kappa shape index (κ2) is 4.55. The Morgan fingerprint density at radius 1 is 1.35 bits per heavy atom. The number of anilines is 1. The summed E-state index contributed by atoms with van der Waals surface area (Å²) in [6.45, 7) is 0.535. The molecule has 0 saturated carbocycles. The molecule has 0 fully saturated rings. The summed E-state index contributed by atoms with van der Waals surface area (Å²) in [5.74, 6) is -0.272. The number of non-ortho nitro benzene ring substituents is 1. The zero-order chi connectivity index (χ0) is 12.4. The van der Waals surface area contributed by atoms with Crippen molar-refractivity contribution in [2.24, 2.45) is 0 Å². The van der Waals surface area contributed by atoms with Gasteiger partial charge in [-0.25, -0.2) is 0 Å². The SMILES string of the molecule is O=[14C]1C(Cl)=CCCN1c1ccc([N+](=O)[O-])cc1. The monoisotopic (exact) mass is 254 g/mol. The number of halogens is 1. The molecule has 1 aliphatic heterocycles. The molecule has 0 atom stereocenters. The number of carbonyl (C=O) groups excluding carboxylic acids is 1. The number of hydrogen-bond donors (Lipinski definition) is 0. The van der Waals surface area contributed by atoms with Crippen molar-refractivity contribution in [2.45, 2.75) is 6.42 Å². The lowest BCUT2D eigenvalue weighted by Crippen LogP contribution is -2.34. The predicted octanol–water partition coefficient (Wildman–Crippen LogP) is 2.45. The number of hydrogen-bond acceptors (Lipinski definition) is 3. The van der Waals surface area contributed by atoms with Crippen LogP contribution in [0.1, 0.15) is 6.42 Å². The van der Waals surface area contributed by atoms with E-state index in [4.69, 9.17) is 11.6 Å². The van der Waals surface area contributed by atoms with Gasteiger partial charge >= 0.3 is 0 Å². The predicted molar refractivity (Wildman–Crippen MR) is 64.0 cm³/mol. The van der Waals surface area contributed by atoms with Gasteiger partial charge in [-0.05, 0) is 18.6 Å². The van der Waals surface area contributed by atoms with Crippen molar-refractivity contribution >= 4 is 28.9 Å². The standard InChI is InChI=1S/C11H9ClN2O3/c12-10-2-1-7-13(11(10)15)8-3-5-9(6-4-8)14(16)17/h2-6H,1,7H2/i11+2. The Kier molecular flexibility index (Phi) is 3.10. The minimum Gasteiger partial charge on any atom is -0.307 e. The molecule has 17 heavy (non-hydrogen) atoms. The van der Waals surface area contributed by atoms with E-state index in [0.717, 1.165) is 0 Å². The van der Waals surface area contributed by atoms with Gasteiger partial charge in [0.2, 0.25) is 0 Å². The maximum Gasteiger partial charge on any atom is 0.269 e. The van der Waals surface area contributed by atoms with Crippen LogP contribution in [-0.4, -0.2) is 17.4 Å². The van der Waals surface area contributed by atoms with Crippen molar-refractivity contribution in [3.8, 4) is 0 Å². The Bertz CT molecular complexity index is 496. The minimum atomic E-state index is -0.477. The van der Waals surface area contributed by atoms with E-state index in [0.29, 0.717) is 18.7 Å². The lowest BCUT2D eigenvalue weighted by Gasteiger charge is -2.24. The zero-order valence-corrected chi connectivity index (χ0v) is 9.55. The Morgan fingerprint density at radius 2 is 2.00 bits per heavy atom. The summed E-state index contributed by atoms with van der Waals surface area (Å²) >= 11 is 5.76. The maximum atomic E-state index is 11.7. The fourth-order valence-electron chi connectivity index (χ4n) is 1.64. The Morgan fingerprint density at radius 3 is 2.59 bits per heavy atom. The highest BCUT2D eigenvalue weighted by Crippen LogP contribution is 2.24. The van der Waals surface area contributed by atoms with Gasteiger partial charge in [0.05, 0.1) is 4.92 Å². The summed E-state index contributed by atoms with van der Waals surface area (Å²) in [5, 5.41) is 10.7. The molecule has 0 unspecified atom stereocenters. The van der Waals surface area contributed by atoms with Crippen LogP contribution in [0.3, 0.4) is 0 Å². The number of nitro groups is 1. The lowest BCUT2D eigenvalue weighted by molar-refractivity contribution is -0.384. The molecular formula is C11H9ClN2O3. The van der Waals surface area contributed by atoms with Crippen molar-refractivity contribution in [3.63, 3.8) is 0 Å². The summed E-state index contributed by atoms with van der Waals surface area (Å²) in [7, 11) is 0. The lowest BCUT2D eigenvalue weighted by atomic mass is 10.2. The van der Waals surface area contributed by atoms with E-state index in [1.165, 1.54) is 17.0 Å². The van der Waals surface area contributed by atoms with E-state index >= 15 is 0 Å². The van der Waals surface area contributed by atoms with Crippen molar-refractivity contribution in [2.75, 3.05) is 11.4 Å². The highest BCUT2D eigenvalue weighted by Gasteiger charge is 2.22. The summed E-state index contributed by atoms with van der Waals surface area (Å²) in [6, 6.07) is 5.83. The molecule has 88 valence electrons. The van der Waals surface area contributed by atoms with E-state index in [2.05, 4.69) is 0 Å². The summed E-state index contributed by atoms with van der Waals surface area (Å²) in [6.07, 6.45) is 2.35. The van der Waals surface area contributed by atoms with Crippen LogP contribution in [0.25, 0.3) is 0 Å². The number of carbonyl (C=O) groups is 1. The van der Waals surface area contributed by atoms with Gasteiger partial charge in [0.1, 0.15) is 5.03 Å². The molecule has 2 rings (SSSR count). The number of nitro benzene ring substituents is 1. The molecule has 0 N–H and O–H groups in total. The van der Waals surface area contributed by atoms with E-state index in [9.17, 15) is 14.9 Å². The smallest absolute Gasteiger partial charge is 0.269 e. The van der Waals surface area contributed by atoms with E-state index in [1.807, 2.05) is 0 Å². The third-order valence-electron chi connectivity index (χ3n) is 2.50. The quantitative estimate of drug-likeness (QED) is 0.601. The molecule has 0 radical (unpaired) electrons. The topological polar surface area (TPSA) is 63.5 Å². The molecule has 0 aromatic heterocycles. The van der Waals surface area contributed by atoms with Gasteiger partial charge < -0.3 is 4.90 Å².